The summed E-state index contributed by atoms with van der Waals surface area (Å²) >= 11 is 0. The Bertz CT molecular complexity index is 380. The van der Waals surface area contributed by atoms with Crippen molar-refractivity contribution in [3.8, 4) is 0 Å². The van der Waals surface area contributed by atoms with Crippen molar-refractivity contribution < 1.29 is 19.1 Å². The molecule has 1 aliphatic rings. The van der Waals surface area contributed by atoms with Crippen LogP contribution in [0, 0.1) is 0 Å². The topological polar surface area (TPSA) is 55.8 Å². The van der Waals surface area contributed by atoms with E-state index in [1.54, 1.807) is 6.08 Å². The van der Waals surface area contributed by atoms with E-state index in [1.165, 1.54) is 12.0 Å². The Morgan fingerprint density at radius 1 is 1.24 bits per heavy atom. The molecular formula is C16H25NO4. The first-order valence-corrected chi connectivity index (χ1v) is 7.40. The number of likely N-dealkylation sites (tertiary alicyclic amines) is 1. The Kier molecular flexibility index (Phi) is 7.58. The van der Waals surface area contributed by atoms with Crippen LogP contribution in [0.25, 0.3) is 0 Å². The molecule has 0 N–H and O–H groups in total. The molecule has 0 aromatic rings. The zero-order chi connectivity index (χ0) is 15.7. The van der Waals surface area contributed by atoms with Gasteiger partial charge in [-0.1, -0.05) is 12.2 Å². The largest absolute Gasteiger partial charge is 0.467 e. The minimum Gasteiger partial charge on any atom is -0.467 e. The number of rotatable bonds is 8. The first-order valence-electron chi connectivity index (χ1n) is 7.40. The summed E-state index contributed by atoms with van der Waals surface area (Å²) in [4.78, 5) is 25.5. The van der Waals surface area contributed by atoms with E-state index in [1.807, 2.05) is 6.08 Å². The van der Waals surface area contributed by atoms with Crippen molar-refractivity contribution in [3.63, 3.8) is 0 Å². The molecule has 0 aromatic carbocycles. The van der Waals surface area contributed by atoms with Crippen LogP contribution in [0.1, 0.15) is 38.5 Å². The van der Waals surface area contributed by atoms with Crippen molar-refractivity contribution in [3.05, 3.63) is 25.3 Å². The summed E-state index contributed by atoms with van der Waals surface area (Å²) in [6, 6.07) is -0.576. The van der Waals surface area contributed by atoms with E-state index < -0.39 is 12.1 Å². The normalized spacial score (nSPS) is 20.9. The van der Waals surface area contributed by atoms with Gasteiger partial charge < -0.3 is 9.47 Å². The third-order valence-electron chi connectivity index (χ3n) is 3.65. The second-order valence-corrected chi connectivity index (χ2v) is 5.10. The van der Waals surface area contributed by atoms with Crippen LogP contribution in [-0.2, 0) is 14.3 Å². The van der Waals surface area contributed by atoms with Gasteiger partial charge in [-0.2, -0.15) is 0 Å². The molecule has 1 heterocycles. The SMILES string of the molecule is C=CCCCCOC(=O)N1C(CC=C)CC[C@H]1C(=O)OC. The van der Waals surface area contributed by atoms with E-state index in [2.05, 4.69) is 13.2 Å². The van der Waals surface area contributed by atoms with Gasteiger partial charge in [0.2, 0.25) is 0 Å². The van der Waals surface area contributed by atoms with Crippen molar-refractivity contribution in [1.82, 2.24) is 4.90 Å². The maximum Gasteiger partial charge on any atom is 0.410 e. The first kappa shape index (κ1) is 17.3. The number of esters is 1. The summed E-state index contributed by atoms with van der Waals surface area (Å²) in [5.41, 5.74) is 0. The van der Waals surface area contributed by atoms with E-state index in [-0.39, 0.29) is 12.0 Å². The molecular weight excluding hydrogens is 270 g/mol. The Balaban J connectivity index is 2.58. The van der Waals surface area contributed by atoms with Gasteiger partial charge in [-0.15, -0.1) is 13.2 Å². The second kappa shape index (κ2) is 9.21. The highest BCUT2D eigenvalue weighted by atomic mass is 16.6. The first-order chi connectivity index (χ1) is 10.2. The van der Waals surface area contributed by atoms with Crippen LogP contribution in [0.2, 0.25) is 0 Å². The smallest absolute Gasteiger partial charge is 0.410 e. The van der Waals surface area contributed by atoms with Gasteiger partial charge in [-0.25, -0.2) is 9.59 Å². The summed E-state index contributed by atoms with van der Waals surface area (Å²) < 4.78 is 10.1. The number of carbonyl (C=O) groups is 2. The highest BCUT2D eigenvalue weighted by Gasteiger charge is 2.41. The summed E-state index contributed by atoms with van der Waals surface area (Å²) in [5, 5.41) is 0. The average Bonchev–Trinajstić information content (AvgIpc) is 2.90. The van der Waals surface area contributed by atoms with Gasteiger partial charge in [0.15, 0.2) is 0 Å². The van der Waals surface area contributed by atoms with Crippen molar-refractivity contribution >= 4 is 12.1 Å². The molecule has 0 saturated carbocycles. The molecule has 1 saturated heterocycles. The number of amides is 1. The minimum atomic E-state index is -0.541. The number of methoxy groups -OCH3 is 1. The van der Waals surface area contributed by atoms with Gasteiger partial charge in [0, 0.05) is 6.04 Å². The number of carbonyl (C=O) groups excluding carboxylic acids is 2. The van der Waals surface area contributed by atoms with Crippen LogP contribution >= 0.6 is 0 Å². The monoisotopic (exact) mass is 295 g/mol. The molecule has 5 heteroatoms. The van der Waals surface area contributed by atoms with Crippen LogP contribution in [0.3, 0.4) is 0 Å². The van der Waals surface area contributed by atoms with E-state index in [0.717, 1.165) is 25.7 Å². The number of hydrogen-bond acceptors (Lipinski definition) is 4. The molecule has 1 rings (SSSR count). The molecule has 0 aliphatic carbocycles. The predicted molar refractivity (Wildman–Crippen MR) is 80.9 cm³/mol. The molecule has 1 unspecified atom stereocenters. The fourth-order valence-corrected chi connectivity index (χ4v) is 2.58. The fraction of sp³-hybridized carbons (Fsp3) is 0.625. The summed E-state index contributed by atoms with van der Waals surface area (Å²) in [6.45, 7) is 7.71. The second-order valence-electron chi connectivity index (χ2n) is 5.10. The fourth-order valence-electron chi connectivity index (χ4n) is 2.58. The lowest BCUT2D eigenvalue weighted by molar-refractivity contribution is -0.145. The Morgan fingerprint density at radius 3 is 2.62 bits per heavy atom. The number of allylic oxidation sites excluding steroid dienone is 1. The minimum absolute atomic E-state index is 0.0349. The van der Waals surface area contributed by atoms with Crippen LogP contribution in [-0.4, -0.2) is 42.8 Å². The van der Waals surface area contributed by atoms with Gasteiger partial charge >= 0.3 is 12.1 Å². The van der Waals surface area contributed by atoms with Gasteiger partial charge in [-0.3, -0.25) is 4.90 Å². The number of nitrogens with zero attached hydrogens (tertiary/aromatic N) is 1. The van der Waals surface area contributed by atoms with E-state index in [0.29, 0.717) is 19.4 Å². The number of hydrogen-bond donors (Lipinski definition) is 0. The lowest BCUT2D eigenvalue weighted by Gasteiger charge is -2.27. The number of unbranched alkanes of at least 4 members (excludes halogenated alkanes) is 2. The van der Waals surface area contributed by atoms with Crippen molar-refractivity contribution in [1.29, 1.82) is 0 Å². The van der Waals surface area contributed by atoms with Crippen LogP contribution in [0.15, 0.2) is 25.3 Å². The molecule has 118 valence electrons. The molecule has 2 atom stereocenters. The Morgan fingerprint density at radius 2 is 2.00 bits per heavy atom. The van der Waals surface area contributed by atoms with Gasteiger partial charge in [-0.05, 0) is 38.5 Å². The summed E-state index contributed by atoms with van der Waals surface area (Å²) in [6.07, 6.45) is 7.82. The van der Waals surface area contributed by atoms with Crippen molar-refractivity contribution in [2.75, 3.05) is 13.7 Å². The number of ether oxygens (including phenoxy) is 2. The van der Waals surface area contributed by atoms with E-state index >= 15 is 0 Å². The van der Waals surface area contributed by atoms with Gasteiger partial charge in [0.1, 0.15) is 6.04 Å². The molecule has 21 heavy (non-hydrogen) atoms. The molecule has 5 nitrogen and oxygen atoms in total. The zero-order valence-electron chi connectivity index (χ0n) is 12.8. The molecule has 1 amide bonds. The quantitative estimate of drug-likeness (QED) is 0.392. The maximum absolute atomic E-state index is 12.2. The predicted octanol–water partition coefficient (Wildman–Crippen LogP) is 3.06. The molecule has 0 spiro atoms. The Hall–Kier alpha value is -1.78. The van der Waals surface area contributed by atoms with Crippen molar-refractivity contribution in [2.24, 2.45) is 0 Å². The van der Waals surface area contributed by atoms with E-state index in [4.69, 9.17) is 9.47 Å². The van der Waals surface area contributed by atoms with Crippen LogP contribution < -0.4 is 0 Å². The zero-order valence-corrected chi connectivity index (χ0v) is 12.8. The lowest BCUT2D eigenvalue weighted by atomic mass is 10.1. The third kappa shape index (κ3) is 4.92. The highest BCUT2D eigenvalue weighted by molar-refractivity contribution is 5.82. The van der Waals surface area contributed by atoms with Gasteiger partial charge in [0.25, 0.3) is 0 Å². The van der Waals surface area contributed by atoms with Crippen molar-refractivity contribution in [2.45, 2.75) is 50.6 Å². The average molecular weight is 295 g/mol. The lowest BCUT2D eigenvalue weighted by Crippen LogP contribution is -2.45. The maximum atomic E-state index is 12.2. The molecule has 1 fully saturated rings. The highest BCUT2D eigenvalue weighted by Crippen LogP contribution is 2.28. The molecule has 0 aromatic heterocycles. The Labute approximate surface area is 126 Å². The third-order valence-corrected chi connectivity index (χ3v) is 3.65. The molecule has 0 radical (unpaired) electrons. The summed E-state index contributed by atoms with van der Waals surface area (Å²) in [7, 11) is 1.34. The van der Waals surface area contributed by atoms with Crippen LogP contribution in [0.5, 0.6) is 0 Å². The van der Waals surface area contributed by atoms with Gasteiger partial charge in [0.05, 0.1) is 13.7 Å². The standard InChI is InChI=1S/C16H25NO4/c1-4-6-7-8-12-21-16(19)17-13(9-5-2)10-11-14(17)15(18)20-3/h4-5,13-14H,1-2,6-12H2,3H3/t13?,14-/m0/s1. The summed E-state index contributed by atoms with van der Waals surface area (Å²) in [5.74, 6) is -0.384. The van der Waals surface area contributed by atoms with E-state index in [9.17, 15) is 9.59 Å². The molecule has 1 aliphatic heterocycles. The van der Waals surface area contributed by atoms with Crippen LogP contribution in [0.4, 0.5) is 4.79 Å². The molecule has 0 bridgehead atoms.